The molecular formula is C40H26. The standard InChI is InChI=1S/C40H26/c1-3-11-27(12-4-1)30-21-24-37-38(26-30)40(36-18-10-9-17-35(36)39(37)29-14-5-2-6-15-29)32-22-23-34-31(25-32)20-19-28-13-7-8-16-33(28)34/h1-26H/i9D,10D,17D,18D,21D,24D,26D. The molecule has 0 unspecified atom stereocenters. The lowest BCUT2D eigenvalue weighted by Crippen LogP contribution is -1.92. The molecule has 0 aromatic heterocycles. The number of rotatable bonds is 3. The minimum absolute atomic E-state index is 0.0345. The predicted molar refractivity (Wildman–Crippen MR) is 173 cm³/mol. The molecule has 40 heavy (non-hydrogen) atoms. The van der Waals surface area contributed by atoms with Gasteiger partial charge in [0.2, 0.25) is 0 Å². The molecule has 8 aromatic carbocycles. The monoisotopic (exact) mass is 513 g/mol. The van der Waals surface area contributed by atoms with Crippen molar-refractivity contribution in [2.75, 3.05) is 0 Å². The highest BCUT2D eigenvalue weighted by Gasteiger charge is 2.17. The van der Waals surface area contributed by atoms with E-state index in [1.54, 1.807) is 0 Å². The Bertz CT molecular complexity index is 2580. The quantitative estimate of drug-likeness (QED) is 0.163. The highest BCUT2D eigenvalue weighted by molar-refractivity contribution is 6.22. The fraction of sp³-hybridized carbons (Fsp3) is 0. The minimum atomic E-state index is -0.375. The Morgan fingerprint density at radius 3 is 1.73 bits per heavy atom. The Kier molecular flexibility index (Phi) is 3.85. The van der Waals surface area contributed by atoms with Crippen molar-refractivity contribution < 1.29 is 9.60 Å². The summed E-state index contributed by atoms with van der Waals surface area (Å²) in [5.41, 5.74) is 3.11. The molecule has 0 fully saturated rings. The van der Waals surface area contributed by atoms with Crippen molar-refractivity contribution in [1.82, 2.24) is 0 Å². The lowest BCUT2D eigenvalue weighted by molar-refractivity contribution is 1.63. The van der Waals surface area contributed by atoms with Crippen molar-refractivity contribution in [3.05, 3.63) is 158 Å². The molecular weight excluding hydrogens is 480 g/mol. The third-order valence-corrected chi connectivity index (χ3v) is 7.66. The van der Waals surface area contributed by atoms with Gasteiger partial charge in [-0.15, -0.1) is 0 Å². The molecule has 0 radical (unpaired) electrons. The molecule has 0 spiro atoms. The van der Waals surface area contributed by atoms with Crippen LogP contribution in [0.4, 0.5) is 0 Å². The van der Waals surface area contributed by atoms with Gasteiger partial charge in [-0.3, -0.25) is 0 Å². The third kappa shape index (κ3) is 3.61. The molecule has 0 aliphatic rings. The van der Waals surface area contributed by atoms with Crippen LogP contribution in [0.3, 0.4) is 0 Å². The maximum Gasteiger partial charge on any atom is 0.0636 e. The molecule has 0 aliphatic carbocycles. The van der Waals surface area contributed by atoms with E-state index in [0.29, 0.717) is 44.2 Å². The largest absolute Gasteiger partial charge is 0.0636 e. The first-order chi connectivity index (χ1) is 22.8. The summed E-state index contributed by atoms with van der Waals surface area (Å²) in [6, 6.07) is 35.2. The summed E-state index contributed by atoms with van der Waals surface area (Å²) in [4.78, 5) is 0. The second-order valence-corrected chi connectivity index (χ2v) is 9.95. The average molecular weight is 514 g/mol. The normalized spacial score (nSPS) is 13.9. The molecule has 0 aliphatic heterocycles. The second-order valence-electron chi connectivity index (χ2n) is 9.95. The Morgan fingerprint density at radius 1 is 0.350 bits per heavy atom. The molecule has 0 saturated carbocycles. The molecule has 0 atom stereocenters. The molecule has 0 bridgehead atoms. The Hall–Kier alpha value is -5.20. The summed E-state index contributed by atoms with van der Waals surface area (Å²) in [7, 11) is 0. The topological polar surface area (TPSA) is 0 Å². The number of hydrogen-bond acceptors (Lipinski definition) is 0. The van der Waals surface area contributed by atoms with Crippen molar-refractivity contribution in [1.29, 1.82) is 0 Å². The van der Waals surface area contributed by atoms with Crippen LogP contribution < -0.4 is 0 Å². The van der Waals surface area contributed by atoms with E-state index in [9.17, 15) is 6.85 Å². The average Bonchev–Trinajstić information content (AvgIpc) is 3.11. The Balaban J connectivity index is 1.66. The van der Waals surface area contributed by atoms with Crippen molar-refractivity contribution in [3.63, 3.8) is 0 Å². The van der Waals surface area contributed by atoms with E-state index < -0.39 is 0 Å². The summed E-state index contributed by atoms with van der Waals surface area (Å²) >= 11 is 0. The summed E-state index contributed by atoms with van der Waals surface area (Å²) < 4.78 is 64.3. The van der Waals surface area contributed by atoms with E-state index in [1.165, 1.54) is 0 Å². The van der Waals surface area contributed by atoms with Crippen LogP contribution in [0.25, 0.3) is 76.5 Å². The Labute approximate surface area is 243 Å². The zero-order valence-electron chi connectivity index (χ0n) is 28.5. The maximum atomic E-state index is 9.73. The molecule has 0 amide bonds. The van der Waals surface area contributed by atoms with Gasteiger partial charge in [0.25, 0.3) is 0 Å². The molecule has 8 aromatic rings. The van der Waals surface area contributed by atoms with Crippen LogP contribution in [0.5, 0.6) is 0 Å². The maximum absolute atomic E-state index is 9.73. The summed E-state index contributed by atoms with van der Waals surface area (Å²) in [5.74, 6) is 0. The zero-order valence-corrected chi connectivity index (χ0v) is 21.5. The van der Waals surface area contributed by atoms with Crippen molar-refractivity contribution in [3.8, 4) is 33.4 Å². The number of fused-ring (bicyclic) bond motifs is 5. The van der Waals surface area contributed by atoms with E-state index >= 15 is 0 Å². The fourth-order valence-electron chi connectivity index (χ4n) is 5.82. The van der Waals surface area contributed by atoms with Crippen LogP contribution in [0.1, 0.15) is 9.60 Å². The van der Waals surface area contributed by atoms with Crippen LogP contribution in [-0.2, 0) is 0 Å². The lowest BCUT2D eigenvalue weighted by Gasteiger charge is -2.19. The van der Waals surface area contributed by atoms with Gasteiger partial charge in [-0.05, 0) is 88.6 Å². The van der Waals surface area contributed by atoms with Gasteiger partial charge in [0.05, 0.1) is 9.60 Å². The van der Waals surface area contributed by atoms with E-state index in [1.807, 2.05) is 97.1 Å². The van der Waals surface area contributed by atoms with Crippen LogP contribution in [0.2, 0.25) is 0 Å². The van der Waals surface area contributed by atoms with Gasteiger partial charge >= 0.3 is 0 Å². The zero-order chi connectivity index (χ0) is 32.6. The minimum Gasteiger partial charge on any atom is -0.0622 e. The number of benzene rings is 8. The smallest absolute Gasteiger partial charge is 0.0622 e. The Morgan fingerprint density at radius 2 is 0.950 bits per heavy atom. The summed E-state index contributed by atoms with van der Waals surface area (Å²) in [5, 5.41) is 5.41. The van der Waals surface area contributed by atoms with E-state index in [0.717, 1.165) is 21.5 Å². The van der Waals surface area contributed by atoms with Crippen LogP contribution >= 0.6 is 0 Å². The van der Waals surface area contributed by atoms with Gasteiger partial charge in [0, 0.05) is 0 Å². The van der Waals surface area contributed by atoms with Crippen LogP contribution in [0, 0.1) is 0 Å². The summed E-state index contributed by atoms with van der Waals surface area (Å²) in [6.45, 7) is 0. The number of hydrogen-bond donors (Lipinski definition) is 0. The van der Waals surface area contributed by atoms with Gasteiger partial charge in [-0.1, -0.05) is 145 Å². The lowest BCUT2D eigenvalue weighted by atomic mass is 9.84. The van der Waals surface area contributed by atoms with Crippen molar-refractivity contribution >= 4 is 43.1 Å². The molecule has 0 nitrogen and oxygen atoms in total. The first-order valence-corrected chi connectivity index (χ1v) is 13.3. The highest BCUT2D eigenvalue weighted by atomic mass is 14.2. The van der Waals surface area contributed by atoms with Gasteiger partial charge in [0.1, 0.15) is 0 Å². The van der Waals surface area contributed by atoms with Crippen molar-refractivity contribution in [2.45, 2.75) is 0 Å². The predicted octanol–water partition coefficient (Wildman–Crippen LogP) is 11.3. The fourth-order valence-corrected chi connectivity index (χ4v) is 5.82. The van der Waals surface area contributed by atoms with Gasteiger partial charge < -0.3 is 0 Å². The van der Waals surface area contributed by atoms with Crippen molar-refractivity contribution in [2.24, 2.45) is 0 Å². The van der Waals surface area contributed by atoms with E-state index in [4.69, 9.17) is 2.74 Å². The molecule has 0 N–H and O–H groups in total. The summed E-state index contributed by atoms with van der Waals surface area (Å²) in [6.07, 6.45) is 0. The molecule has 8 rings (SSSR count). The van der Waals surface area contributed by atoms with E-state index in [-0.39, 0.29) is 53.1 Å². The third-order valence-electron chi connectivity index (χ3n) is 7.66. The van der Waals surface area contributed by atoms with E-state index in [2.05, 4.69) is 18.2 Å². The van der Waals surface area contributed by atoms with Crippen LogP contribution in [-0.4, -0.2) is 0 Å². The highest BCUT2D eigenvalue weighted by Crippen LogP contribution is 2.45. The van der Waals surface area contributed by atoms with Gasteiger partial charge in [-0.25, -0.2) is 0 Å². The van der Waals surface area contributed by atoms with Gasteiger partial charge in [0.15, 0.2) is 0 Å². The van der Waals surface area contributed by atoms with Crippen LogP contribution in [0.15, 0.2) is 158 Å². The molecule has 0 saturated heterocycles. The molecule has 0 heterocycles. The first kappa shape index (κ1) is 16.7. The SMILES string of the molecule is [2H]c1c([2H])c([2H])c2c(-c3ccc4c(ccc5ccccc54)c3)c3c([2H])c(-c4ccccc4)c([2H])c([2H])c3c(-c3ccccc3)c2c1[2H]. The van der Waals surface area contributed by atoms with Gasteiger partial charge in [-0.2, -0.15) is 0 Å². The second kappa shape index (κ2) is 9.22. The molecule has 0 heteroatoms. The molecule has 186 valence electrons. The first-order valence-electron chi connectivity index (χ1n) is 16.8.